The van der Waals surface area contributed by atoms with Gasteiger partial charge in [-0.2, -0.15) is 5.10 Å². The third-order valence-corrected chi connectivity index (χ3v) is 4.87. The molecule has 1 aliphatic heterocycles. The van der Waals surface area contributed by atoms with Crippen LogP contribution in [0.2, 0.25) is 0 Å². The van der Waals surface area contributed by atoms with Gasteiger partial charge in [-0.05, 0) is 50.9 Å². The van der Waals surface area contributed by atoms with Gasteiger partial charge in [-0.1, -0.05) is 24.6 Å². The lowest BCUT2D eigenvalue weighted by atomic mass is 9.90. The van der Waals surface area contributed by atoms with Gasteiger partial charge in [0.25, 0.3) is 0 Å². The van der Waals surface area contributed by atoms with Gasteiger partial charge in [-0.15, -0.1) is 24.8 Å². The van der Waals surface area contributed by atoms with E-state index in [2.05, 4.69) is 22.2 Å². The van der Waals surface area contributed by atoms with Crippen LogP contribution in [0, 0.1) is 19.3 Å². The van der Waals surface area contributed by atoms with Crippen LogP contribution in [-0.4, -0.2) is 46.8 Å². The van der Waals surface area contributed by atoms with Crippen LogP contribution in [0.25, 0.3) is 5.69 Å². The number of carbonyl (C=O) groups is 1. The monoisotopic (exact) mass is 413 g/mol. The molecule has 1 saturated heterocycles. The number of anilines is 1. The Labute approximate surface area is 173 Å². The van der Waals surface area contributed by atoms with Crippen LogP contribution < -0.4 is 11.1 Å². The number of nitrogens with two attached hydrogens (primary N) is 1. The molecular formula is C19H29Cl2N5O. The topological polar surface area (TPSA) is 76.2 Å². The van der Waals surface area contributed by atoms with Crippen LogP contribution in [0.15, 0.2) is 30.3 Å². The lowest BCUT2D eigenvalue weighted by Gasteiger charge is -2.22. The van der Waals surface area contributed by atoms with Crippen molar-refractivity contribution in [2.24, 2.45) is 11.1 Å². The highest BCUT2D eigenvalue weighted by Crippen LogP contribution is 2.28. The molecule has 1 aromatic carbocycles. The number of nitrogens with zero attached hydrogens (tertiary/aromatic N) is 3. The second-order valence-corrected chi connectivity index (χ2v) is 7.44. The highest BCUT2D eigenvalue weighted by Gasteiger charge is 2.33. The molecule has 0 bridgehead atoms. The summed E-state index contributed by atoms with van der Waals surface area (Å²) < 4.78 is 1.78. The molecule has 1 aromatic heterocycles. The molecule has 0 radical (unpaired) electrons. The van der Waals surface area contributed by atoms with Crippen LogP contribution in [-0.2, 0) is 4.79 Å². The van der Waals surface area contributed by atoms with Crippen molar-refractivity contribution in [3.05, 3.63) is 41.6 Å². The Balaban J connectivity index is 0.00000182. The van der Waals surface area contributed by atoms with E-state index in [-0.39, 0.29) is 36.1 Å². The van der Waals surface area contributed by atoms with Crippen molar-refractivity contribution < 1.29 is 4.79 Å². The number of carbonyl (C=O) groups excluding carboxylic acids is 1. The number of hydrogen-bond donors (Lipinski definition) is 2. The molecule has 1 aliphatic rings. The van der Waals surface area contributed by atoms with Crippen molar-refractivity contribution in [2.75, 3.05) is 31.5 Å². The van der Waals surface area contributed by atoms with Gasteiger partial charge in [0, 0.05) is 12.6 Å². The number of rotatable bonds is 5. The van der Waals surface area contributed by atoms with Crippen LogP contribution in [0.3, 0.4) is 0 Å². The largest absolute Gasteiger partial charge is 0.330 e. The van der Waals surface area contributed by atoms with E-state index in [1.54, 1.807) is 4.68 Å². The standard InChI is InChI=1S/C19H27N5O.2ClH/c1-14-4-6-16(7-5-14)24-17(10-15(2)22-24)21-18(25)11-23-9-8-19(3,12-20)13-23;;/h4-7,10H,8-9,11-13,20H2,1-3H3,(H,21,25);2*1H. The number of nitrogens with one attached hydrogen (secondary N) is 1. The number of benzene rings is 1. The quantitative estimate of drug-likeness (QED) is 0.789. The summed E-state index contributed by atoms with van der Waals surface area (Å²) in [5, 5.41) is 7.51. The molecule has 1 atom stereocenters. The summed E-state index contributed by atoms with van der Waals surface area (Å²) >= 11 is 0. The predicted octanol–water partition coefficient (Wildman–Crippen LogP) is 2.94. The van der Waals surface area contributed by atoms with Gasteiger partial charge in [0.05, 0.1) is 17.9 Å². The van der Waals surface area contributed by atoms with Crippen molar-refractivity contribution in [2.45, 2.75) is 27.2 Å². The zero-order chi connectivity index (χ0) is 18.0. The molecule has 27 heavy (non-hydrogen) atoms. The van der Waals surface area contributed by atoms with Crippen molar-refractivity contribution in [3.63, 3.8) is 0 Å². The second-order valence-electron chi connectivity index (χ2n) is 7.44. The number of amides is 1. The van der Waals surface area contributed by atoms with E-state index < -0.39 is 0 Å². The minimum atomic E-state index is -0.0190. The third-order valence-electron chi connectivity index (χ3n) is 4.87. The maximum Gasteiger partial charge on any atom is 0.239 e. The van der Waals surface area contributed by atoms with E-state index in [4.69, 9.17) is 5.73 Å². The summed E-state index contributed by atoms with van der Waals surface area (Å²) in [5.41, 5.74) is 8.96. The Morgan fingerprint density at radius 1 is 1.26 bits per heavy atom. The van der Waals surface area contributed by atoms with E-state index in [1.165, 1.54) is 5.56 Å². The van der Waals surface area contributed by atoms with Gasteiger partial charge >= 0.3 is 0 Å². The molecule has 1 amide bonds. The van der Waals surface area contributed by atoms with Crippen LogP contribution in [0.5, 0.6) is 0 Å². The van der Waals surface area contributed by atoms with Crippen molar-refractivity contribution in [1.29, 1.82) is 0 Å². The van der Waals surface area contributed by atoms with Crippen molar-refractivity contribution in [1.82, 2.24) is 14.7 Å². The first-order valence-corrected chi connectivity index (χ1v) is 8.74. The normalized spacial score (nSPS) is 19.3. The number of halogens is 2. The Morgan fingerprint density at radius 3 is 2.52 bits per heavy atom. The van der Waals surface area contributed by atoms with Crippen molar-refractivity contribution >= 4 is 36.5 Å². The second kappa shape index (κ2) is 9.55. The van der Waals surface area contributed by atoms with Crippen LogP contribution in [0.1, 0.15) is 24.6 Å². The smallest absolute Gasteiger partial charge is 0.239 e. The number of hydrogen-bond acceptors (Lipinski definition) is 4. The molecule has 3 rings (SSSR count). The van der Waals surface area contributed by atoms with Crippen LogP contribution in [0.4, 0.5) is 5.82 Å². The molecule has 2 aromatic rings. The summed E-state index contributed by atoms with van der Waals surface area (Å²) in [6.07, 6.45) is 1.04. The summed E-state index contributed by atoms with van der Waals surface area (Å²) in [5.74, 6) is 0.682. The fourth-order valence-corrected chi connectivity index (χ4v) is 3.28. The molecule has 0 spiro atoms. The third kappa shape index (κ3) is 5.69. The molecule has 6 nitrogen and oxygen atoms in total. The Bertz CT molecular complexity index is 762. The first-order chi connectivity index (χ1) is 11.9. The SMILES string of the molecule is Cc1ccc(-n2nc(C)cc2NC(=O)CN2CCC(C)(CN)C2)cc1.Cl.Cl. The highest BCUT2D eigenvalue weighted by molar-refractivity contribution is 5.91. The maximum atomic E-state index is 12.5. The molecular weight excluding hydrogens is 385 g/mol. The van der Waals surface area contributed by atoms with E-state index >= 15 is 0 Å². The summed E-state index contributed by atoms with van der Waals surface area (Å²) in [6.45, 7) is 8.98. The van der Waals surface area contributed by atoms with Gasteiger partial charge in [0.1, 0.15) is 5.82 Å². The summed E-state index contributed by atoms with van der Waals surface area (Å²) in [7, 11) is 0. The summed E-state index contributed by atoms with van der Waals surface area (Å²) in [4.78, 5) is 14.7. The van der Waals surface area contributed by atoms with Gasteiger partial charge in [0.15, 0.2) is 0 Å². The van der Waals surface area contributed by atoms with Gasteiger partial charge in [0.2, 0.25) is 5.91 Å². The molecule has 1 fully saturated rings. The first-order valence-electron chi connectivity index (χ1n) is 8.74. The summed E-state index contributed by atoms with van der Waals surface area (Å²) in [6, 6.07) is 9.98. The molecule has 1 unspecified atom stereocenters. The Kier molecular flexibility index (Phi) is 8.29. The lowest BCUT2D eigenvalue weighted by Crippen LogP contribution is -2.35. The van der Waals surface area contributed by atoms with E-state index in [1.807, 2.05) is 44.2 Å². The number of aromatic nitrogens is 2. The van der Waals surface area contributed by atoms with Crippen LogP contribution >= 0.6 is 24.8 Å². The minimum Gasteiger partial charge on any atom is -0.330 e. The first kappa shape index (κ1) is 23.4. The van der Waals surface area contributed by atoms with Crippen molar-refractivity contribution in [3.8, 4) is 5.69 Å². The average molecular weight is 414 g/mol. The maximum absolute atomic E-state index is 12.5. The lowest BCUT2D eigenvalue weighted by molar-refractivity contribution is -0.117. The van der Waals surface area contributed by atoms with Gasteiger partial charge in [-0.3, -0.25) is 9.69 Å². The van der Waals surface area contributed by atoms with E-state index in [9.17, 15) is 4.79 Å². The Morgan fingerprint density at radius 2 is 1.93 bits per heavy atom. The fourth-order valence-electron chi connectivity index (χ4n) is 3.28. The minimum absolute atomic E-state index is 0. The van der Waals surface area contributed by atoms with E-state index in [0.29, 0.717) is 18.9 Å². The molecule has 2 heterocycles. The van der Waals surface area contributed by atoms with Gasteiger partial charge in [-0.25, -0.2) is 4.68 Å². The fraction of sp³-hybridized carbons (Fsp3) is 0.474. The predicted molar refractivity (Wildman–Crippen MR) is 114 cm³/mol. The molecule has 0 aliphatic carbocycles. The molecule has 8 heteroatoms. The average Bonchev–Trinajstić information content (AvgIpc) is 3.12. The van der Waals surface area contributed by atoms with E-state index in [0.717, 1.165) is 30.9 Å². The number of aryl methyl sites for hydroxylation is 2. The molecule has 0 saturated carbocycles. The Hall–Kier alpha value is -1.60. The number of likely N-dealkylation sites (tertiary alicyclic amines) is 1. The molecule has 150 valence electrons. The molecule has 3 N–H and O–H groups in total. The van der Waals surface area contributed by atoms with Gasteiger partial charge < -0.3 is 11.1 Å². The zero-order valence-corrected chi connectivity index (χ0v) is 17.7. The highest BCUT2D eigenvalue weighted by atomic mass is 35.5. The zero-order valence-electron chi connectivity index (χ0n) is 16.1.